The zero-order chi connectivity index (χ0) is 17.6. The minimum Gasteiger partial charge on any atom is -0.284 e. The zero-order valence-electron chi connectivity index (χ0n) is 12.9. The van der Waals surface area contributed by atoms with E-state index in [0.29, 0.717) is 22.1 Å². The monoisotopic (exact) mass is 372 g/mol. The number of rotatable bonds is 5. The summed E-state index contributed by atoms with van der Waals surface area (Å²) in [6, 6.07) is 12.7. The number of hydrogen-bond donors (Lipinski definition) is 1. The minimum absolute atomic E-state index is 0.184. The average Bonchev–Trinajstić information content (AvgIpc) is 2.91. The first-order valence-corrected chi connectivity index (χ1v) is 8.51. The van der Waals surface area contributed by atoms with Crippen LogP contribution in [0.1, 0.15) is 20.8 Å². The Balaban J connectivity index is 1.72. The molecule has 126 valence electrons. The predicted molar refractivity (Wildman–Crippen MR) is 98.4 cm³/mol. The second-order valence-corrected chi connectivity index (χ2v) is 6.38. The Kier molecular flexibility index (Phi) is 5.37. The third-order valence-electron chi connectivity index (χ3n) is 3.33. The molecule has 3 aromatic rings. The van der Waals surface area contributed by atoms with E-state index in [0.717, 1.165) is 16.9 Å². The Bertz CT molecular complexity index is 952. The molecule has 0 aliphatic rings. The van der Waals surface area contributed by atoms with Crippen LogP contribution in [0.25, 0.3) is 0 Å². The highest BCUT2D eigenvalue weighted by molar-refractivity contribution is 7.11. The summed E-state index contributed by atoms with van der Waals surface area (Å²) in [5.41, 5.74) is 3.80. The van der Waals surface area contributed by atoms with Crippen LogP contribution in [0.15, 0.2) is 64.8 Å². The number of amides is 1. The van der Waals surface area contributed by atoms with Crippen molar-refractivity contribution in [1.29, 1.82) is 0 Å². The molecule has 0 atom stereocenters. The van der Waals surface area contributed by atoms with E-state index >= 15 is 0 Å². The van der Waals surface area contributed by atoms with E-state index in [1.807, 2.05) is 30.3 Å². The van der Waals surface area contributed by atoms with Crippen LogP contribution in [0.2, 0.25) is 5.15 Å². The van der Waals surface area contributed by atoms with Gasteiger partial charge in [0.2, 0.25) is 0 Å². The number of benzene rings is 1. The smallest absolute Gasteiger partial charge is 0.284 e. The maximum atomic E-state index is 12.1. The summed E-state index contributed by atoms with van der Waals surface area (Å²) in [4.78, 5) is 28.2. The maximum absolute atomic E-state index is 12.1. The predicted octanol–water partition coefficient (Wildman–Crippen LogP) is 2.77. The van der Waals surface area contributed by atoms with Gasteiger partial charge in [-0.3, -0.25) is 19.1 Å². The van der Waals surface area contributed by atoms with Gasteiger partial charge in [0, 0.05) is 18.0 Å². The molecule has 3 rings (SSSR count). The lowest BCUT2D eigenvalue weighted by atomic mass is 10.2. The summed E-state index contributed by atoms with van der Waals surface area (Å²) in [7, 11) is 0. The van der Waals surface area contributed by atoms with Crippen molar-refractivity contribution >= 4 is 35.1 Å². The number of nitrogens with zero attached hydrogens (tertiary/aromatic N) is 3. The number of aromatic nitrogens is 2. The lowest BCUT2D eigenvalue weighted by molar-refractivity contribution is 0.0955. The molecule has 25 heavy (non-hydrogen) atoms. The van der Waals surface area contributed by atoms with Crippen LogP contribution in [0.5, 0.6) is 0 Å². The Morgan fingerprint density at radius 1 is 1.24 bits per heavy atom. The highest BCUT2D eigenvalue weighted by Crippen LogP contribution is 2.18. The van der Waals surface area contributed by atoms with Crippen molar-refractivity contribution in [1.82, 2.24) is 15.0 Å². The first kappa shape index (κ1) is 17.1. The van der Waals surface area contributed by atoms with E-state index in [1.165, 1.54) is 23.2 Å². The summed E-state index contributed by atoms with van der Waals surface area (Å²) >= 11 is 7.25. The van der Waals surface area contributed by atoms with Gasteiger partial charge in [-0.1, -0.05) is 53.3 Å². The van der Waals surface area contributed by atoms with Gasteiger partial charge in [-0.25, -0.2) is 5.43 Å². The molecule has 0 aliphatic heterocycles. The highest BCUT2D eigenvalue weighted by atomic mass is 35.5. The molecule has 0 saturated heterocycles. The molecule has 0 aliphatic carbocycles. The number of carbonyl (C=O) groups excluding carboxylic acids is 1. The topological polar surface area (TPSA) is 76.3 Å². The molecule has 1 N–H and O–H groups in total. The Hall–Kier alpha value is -2.77. The van der Waals surface area contributed by atoms with E-state index in [4.69, 9.17) is 11.6 Å². The van der Waals surface area contributed by atoms with Gasteiger partial charge in [0.1, 0.15) is 5.15 Å². The van der Waals surface area contributed by atoms with E-state index in [-0.39, 0.29) is 10.8 Å². The third-order valence-corrected chi connectivity index (χ3v) is 4.77. The summed E-state index contributed by atoms with van der Waals surface area (Å²) in [5, 5.41) is 4.16. The molecule has 1 amide bonds. The normalized spacial score (nSPS) is 10.9. The molecular formula is C17H13ClN4O2S. The molecule has 2 heterocycles. The first-order chi connectivity index (χ1) is 12.1. The molecule has 0 unspecified atom stereocenters. The second kappa shape index (κ2) is 7.87. The van der Waals surface area contributed by atoms with Crippen molar-refractivity contribution in [2.24, 2.45) is 5.10 Å². The molecule has 0 spiro atoms. The molecule has 1 aromatic carbocycles. The highest BCUT2D eigenvalue weighted by Gasteiger charge is 2.12. The number of carbonyl (C=O) groups is 1. The van der Waals surface area contributed by atoms with E-state index in [9.17, 15) is 9.59 Å². The minimum atomic E-state index is -0.370. The molecule has 0 fully saturated rings. The van der Waals surface area contributed by atoms with Crippen LogP contribution >= 0.6 is 22.9 Å². The fourth-order valence-corrected chi connectivity index (χ4v) is 3.21. The van der Waals surface area contributed by atoms with Gasteiger partial charge in [0.15, 0.2) is 0 Å². The zero-order valence-corrected chi connectivity index (χ0v) is 14.5. The van der Waals surface area contributed by atoms with E-state index in [1.54, 1.807) is 12.1 Å². The van der Waals surface area contributed by atoms with Crippen molar-refractivity contribution in [3.63, 3.8) is 0 Å². The number of thiazole rings is 1. The van der Waals surface area contributed by atoms with Gasteiger partial charge in [0.25, 0.3) is 5.91 Å². The van der Waals surface area contributed by atoms with Crippen LogP contribution in [-0.2, 0) is 6.54 Å². The third kappa shape index (κ3) is 4.20. The summed E-state index contributed by atoms with van der Waals surface area (Å²) in [6.45, 7) is 0.381. The van der Waals surface area contributed by atoms with Crippen molar-refractivity contribution in [2.75, 3.05) is 0 Å². The van der Waals surface area contributed by atoms with Crippen molar-refractivity contribution in [3.8, 4) is 0 Å². The second-order valence-electron chi connectivity index (χ2n) is 5.03. The quantitative estimate of drug-likeness (QED) is 0.552. The van der Waals surface area contributed by atoms with Gasteiger partial charge >= 0.3 is 4.87 Å². The number of hydrazone groups is 1. The number of pyridine rings is 1. The van der Waals surface area contributed by atoms with E-state index in [2.05, 4.69) is 15.5 Å². The lowest BCUT2D eigenvalue weighted by Gasteiger charge is -2.03. The van der Waals surface area contributed by atoms with Crippen LogP contribution in [-0.4, -0.2) is 21.7 Å². The summed E-state index contributed by atoms with van der Waals surface area (Å²) < 4.78 is 1.47. The van der Waals surface area contributed by atoms with E-state index < -0.39 is 0 Å². The summed E-state index contributed by atoms with van der Waals surface area (Å²) in [5.74, 6) is -0.370. The average molecular weight is 373 g/mol. The van der Waals surface area contributed by atoms with Crippen molar-refractivity contribution in [2.45, 2.75) is 6.54 Å². The molecule has 0 radical (unpaired) electrons. The fraction of sp³-hybridized carbons (Fsp3) is 0.0588. The van der Waals surface area contributed by atoms with Gasteiger partial charge in [-0.15, -0.1) is 0 Å². The van der Waals surface area contributed by atoms with Gasteiger partial charge < -0.3 is 0 Å². The lowest BCUT2D eigenvalue weighted by Crippen LogP contribution is -2.17. The SMILES string of the molecule is O=C(N/N=C/c1sc(=O)n(Cc2ccccc2)c1Cl)c1ccncc1. The first-order valence-electron chi connectivity index (χ1n) is 7.31. The van der Waals surface area contributed by atoms with Crippen LogP contribution < -0.4 is 10.3 Å². The van der Waals surface area contributed by atoms with Gasteiger partial charge in [0.05, 0.1) is 17.6 Å². The van der Waals surface area contributed by atoms with Gasteiger partial charge in [-0.05, 0) is 17.7 Å². The van der Waals surface area contributed by atoms with Crippen LogP contribution in [0, 0.1) is 0 Å². The number of nitrogens with one attached hydrogen (secondary N) is 1. The van der Waals surface area contributed by atoms with Crippen LogP contribution in [0.4, 0.5) is 0 Å². The molecule has 0 bridgehead atoms. The Morgan fingerprint density at radius 3 is 2.68 bits per heavy atom. The number of hydrogen-bond acceptors (Lipinski definition) is 5. The molecular weight excluding hydrogens is 360 g/mol. The molecule has 8 heteroatoms. The summed E-state index contributed by atoms with van der Waals surface area (Å²) in [6.07, 6.45) is 4.41. The maximum Gasteiger partial charge on any atom is 0.309 e. The van der Waals surface area contributed by atoms with Crippen molar-refractivity contribution < 1.29 is 4.79 Å². The Morgan fingerprint density at radius 2 is 1.96 bits per heavy atom. The van der Waals surface area contributed by atoms with Gasteiger partial charge in [-0.2, -0.15) is 5.10 Å². The Labute approximate surface area is 152 Å². The standard InChI is InChI=1S/C17H13ClN4O2S/c18-15-14(10-20-21-16(23)13-6-8-19-9-7-13)25-17(24)22(15)11-12-4-2-1-3-5-12/h1-10H,11H2,(H,21,23)/b20-10+. The largest absolute Gasteiger partial charge is 0.309 e. The molecule has 2 aromatic heterocycles. The van der Waals surface area contributed by atoms with Crippen LogP contribution in [0.3, 0.4) is 0 Å². The molecule has 6 nitrogen and oxygen atoms in total. The molecule has 0 saturated carbocycles. The van der Waals surface area contributed by atoms with Crippen molar-refractivity contribution in [3.05, 3.63) is 85.7 Å². The number of halogens is 1. The fourth-order valence-electron chi connectivity index (χ4n) is 2.10.